The van der Waals surface area contributed by atoms with E-state index in [0.29, 0.717) is 19.4 Å². The molecule has 0 aliphatic rings. The second-order valence-electron chi connectivity index (χ2n) is 7.28. The Hall–Kier alpha value is -1.51. The van der Waals surface area contributed by atoms with E-state index in [4.69, 9.17) is 4.74 Å². The Morgan fingerprint density at radius 3 is 1.85 bits per heavy atom. The van der Waals surface area contributed by atoms with Crippen LogP contribution >= 0.6 is 0 Å². The summed E-state index contributed by atoms with van der Waals surface area (Å²) in [5.41, 5.74) is 1.07. The number of carbonyl (C=O) groups excluding carboxylic acids is 1. The van der Waals surface area contributed by atoms with Crippen LogP contribution in [0.4, 0.5) is 0 Å². The predicted molar refractivity (Wildman–Crippen MR) is 108 cm³/mol. The molecule has 1 aromatic carbocycles. The van der Waals surface area contributed by atoms with E-state index >= 15 is 0 Å². The van der Waals surface area contributed by atoms with E-state index in [1.807, 2.05) is 12.1 Å². The summed E-state index contributed by atoms with van der Waals surface area (Å²) in [6.45, 7) is 2.68. The molecule has 0 radical (unpaired) electrons. The maximum Gasteiger partial charge on any atom is 0.305 e. The molecule has 0 saturated heterocycles. The van der Waals surface area contributed by atoms with E-state index in [9.17, 15) is 9.90 Å². The molecule has 3 heteroatoms. The van der Waals surface area contributed by atoms with E-state index in [2.05, 4.69) is 6.92 Å². The van der Waals surface area contributed by atoms with Gasteiger partial charge in [0.1, 0.15) is 5.75 Å². The molecule has 1 aromatic rings. The molecule has 0 fully saturated rings. The maximum atomic E-state index is 11.7. The highest BCUT2D eigenvalue weighted by Gasteiger charge is 2.03. The minimum atomic E-state index is -0.0872. The van der Waals surface area contributed by atoms with Crippen molar-refractivity contribution < 1.29 is 14.6 Å². The molecule has 1 rings (SSSR count). The Kier molecular flexibility index (Phi) is 13.6. The fourth-order valence-electron chi connectivity index (χ4n) is 3.13. The lowest BCUT2D eigenvalue weighted by Crippen LogP contribution is -2.07. The molecule has 0 aliphatic carbocycles. The summed E-state index contributed by atoms with van der Waals surface area (Å²) >= 11 is 0. The largest absolute Gasteiger partial charge is 0.508 e. The van der Waals surface area contributed by atoms with E-state index in [1.165, 1.54) is 64.2 Å². The maximum absolute atomic E-state index is 11.7. The number of benzene rings is 1. The summed E-state index contributed by atoms with van der Waals surface area (Å²) in [5.74, 6) is 0.175. The van der Waals surface area contributed by atoms with Crippen molar-refractivity contribution in [2.75, 3.05) is 6.61 Å². The average molecular weight is 363 g/mol. The second kappa shape index (κ2) is 15.7. The van der Waals surface area contributed by atoms with Gasteiger partial charge in [-0.15, -0.1) is 0 Å². The predicted octanol–water partition coefficient (Wildman–Crippen LogP) is 6.57. The van der Waals surface area contributed by atoms with Crippen molar-refractivity contribution in [2.45, 2.75) is 96.8 Å². The van der Waals surface area contributed by atoms with E-state index in [1.54, 1.807) is 12.1 Å². The van der Waals surface area contributed by atoms with Gasteiger partial charge >= 0.3 is 5.97 Å². The molecular formula is C23H38O3. The van der Waals surface area contributed by atoms with Gasteiger partial charge in [0.05, 0.1) is 6.61 Å². The monoisotopic (exact) mass is 362 g/mol. The molecule has 26 heavy (non-hydrogen) atoms. The van der Waals surface area contributed by atoms with Crippen LogP contribution in [0.15, 0.2) is 24.3 Å². The summed E-state index contributed by atoms with van der Waals surface area (Å²) in [5, 5.41) is 9.23. The first-order valence-electron chi connectivity index (χ1n) is 10.7. The van der Waals surface area contributed by atoms with Crippen LogP contribution in [0.2, 0.25) is 0 Å². The van der Waals surface area contributed by atoms with Gasteiger partial charge in [-0.2, -0.15) is 0 Å². The van der Waals surface area contributed by atoms with Gasteiger partial charge in [-0.05, 0) is 24.1 Å². The molecule has 0 aromatic heterocycles. The quantitative estimate of drug-likeness (QED) is 0.267. The normalized spacial score (nSPS) is 10.8. The van der Waals surface area contributed by atoms with Crippen LogP contribution in [0, 0.1) is 0 Å². The number of phenols is 1. The van der Waals surface area contributed by atoms with Gasteiger partial charge in [-0.25, -0.2) is 0 Å². The zero-order chi connectivity index (χ0) is 18.9. The summed E-state index contributed by atoms with van der Waals surface area (Å²) in [6.07, 6.45) is 16.8. The van der Waals surface area contributed by atoms with E-state index < -0.39 is 0 Å². The van der Waals surface area contributed by atoms with Crippen molar-refractivity contribution in [2.24, 2.45) is 0 Å². The van der Waals surface area contributed by atoms with Gasteiger partial charge in [-0.3, -0.25) is 4.79 Å². The van der Waals surface area contributed by atoms with Gasteiger partial charge < -0.3 is 9.84 Å². The minimum Gasteiger partial charge on any atom is -0.508 e. The van der Waals surface area contributed by atoms with Crippen molar-refractivity contribution in [3.63, 3.8) is 0 Å². The van der Waals surface area contributed by atoms with Crippen LogP contribution < -0.4 is 0 Å². The molecule has 1 N–H and O–H groups in total. The number of carbonyl (C=O) groups is 1. The average Bonchev–Trinajstić information content (AvgIpc) is 2.64. The minimum absolute atomic E-state index is 0.0872. The zero-order valence-corrected chi connectivity index (χ0v) is 16.7. The standard InChI is InChI=1S/C23H38O3/c1-2-3-4-5-6-7-8-9-10-11-12-13-14-23(25)26-20-19-21-15-17-22(24)18-16-21/h15-18,24H,2-14,19-20H2,1H3. The number of phenolic OH excluding ortho intramolecular Hbond substituents is 1. The molecule has 0 amide bonds. The highest BCUT2D eigenvalue weighted by Crippen LogP contribution is 2.13. The number of ether oxygens (including phenoxy) is 1. The molecule has 148 valence electrons. The Morgan fingerprint density at radius 2 is 1.31 bits per heavy atom. The third-order valence-corrected chi connectivity index (χ3v) is 4.82. The van der Waals surface area contributed by atoms with Gasteiger partial charge in [0.15, 0.2) is 0 Å². The SMILES string of the molecule is CCCCCCCCCCCCCCC(=O)OCCc1ccc(O)cc1. The number of hydrogen-bond acceptors (Lipinski definition) is 3. The van der Waals surface area contributed by atoms with Gasteiger partial charge in [0.25, 0.3) is 0 Å². The molecule has 0 spiro atoms. The first-order chi connectivity index (χ1) is 12.7. The van der Waals surface area contributed by atoms with Crippen LogP contribution in [0.1, 0.15) is 96.0 Å². The zero-order valence-electron chi connectivity index (χ0n) is 16.7. The van der Waals surface area contributed by atoms with Crippen molar-refractivity contribution in [3.8, 4) is 5.75 Å². The Bertz CT molecular complexity index is 453. The Balaban J connectivity index is 1.84. The fraction of sp³-hybridized carbons (Fsp3) is 0.696. The lowest BCUT2D eigenvalue weighted by molar-refractivity contribution is -0.143. The molecule has 0 heterocycles. The number of aromatic hydroxyl groups is 1. The topological polar surface area (TPSA) is 46.5 Å². The summed E-state index contributed by atoms with van der Waals surface area (Å²) < 4.78 is 5.27. The van der Waals surface area contributed by atoms with Gasteiger partial charge in [0.2, 0.25) is 0 Å². The number of unbranched alkanes of at least 4 members (excludes halogenated alkanes) is 11. The first kappa shape index (κ1) is 22.5. The fourth-order valence-corrected chi connectivity index (χ4v) is 3.13. The highest BCUT2D eigenvalue weighted by molar-refractivity contribution is 5.69. The van der Waals surface area contributed by atoms with Gasteiger partial charge in [0, 0.05) is 12.8 Å². The molecule has 0 saturated carbocycles. The lowest BCUT2D eigenvalue weighted by atomic mass is 10.0. The van der Waals surface area contributed by atoms with Crippen LogP contribution in [0.3, 0.4) is 0 Å². The second-order valence-corrected chi connectivity index (χ2v) is 7.28. The number of rotatable bonds is 16. The molecule has 0 aliphatic heterocycles. The molecular weight excluding hydrogens is 324 g/mol. The highest BCUT2D eigenvalue weighted by atomic mass is 16.5. The van der Waals surface area contributed by atoms with E-state index in [-0.39, 0.29) is 11.7 Å². The number of hydrogen-bond donors (Lipinski definition) is 1. The molecule has 3 nitrogen and oxygen atoms in total. The van der Waals surface area contributed by atoms with Crippen LogP contribution in [0.25, 0.3) is 0 Å². The van der Waals surface area contributed by atoms with Crippen LogP contribution in [-0.2, 0) is 16.0 Å². The van der Waals surface area contributed by atoms with Crippen molar-refractivity contribution in [1.29, 1.82) is 0 Å². The van der Waals surface area contributed by atoms with Crippen LogP contribution in [0.5, 0.6) is 5.75 Å². The van der Waals surface area contributed by atoms with E-state index in [0.717, 1.165) is 18.4 Å². The van der Waals surface area contributed by atoms with Gasteiger partial charge in [-0.1, -0.05) is 89.7 Å². The smallest absolute Gasteiger partial charge is 0.305 e. The summed E-state index contributed by atoms with van der Waals surface area (Å²) in [6, 6.07) is 7.02. The molecule has 0 bridgehead atoms. The number of esters is 1. The first-order valence-corrected chi connectivity index (χ1v) is 10.7. The third kappa shape index (κ3) is 12.8. The van der Waals surface area contributed by atoms with Crippen molar-refractivity contribution >= 4 is 5.97 Å². The summed E-state index contributed by atoms with van der Waals surface area (Å²) in [7, 11) is 0. The van der Waals surface area contributed by atoms with Crippen molar-refractivity contribution in [3.05, 3.63) is 29.8 Å². The molecule has 0 atom stereocenters. The third-order valence-electron chi connectivity index (χ3n) is 4.82. The van der Waals surface area contributed by atoms with Crippen LogP contribution in [-0.4, -0.2) is 17.7 Å². The summed E-state index contributed by atoms with van der Waals surface area (Å²) in [4.78, 5) is 11.7. The van der Waals surface area contributed by atoms with Crippen molar-refractivity contribution in [1.82, 2.24) is 0 Å². The Labute approximate surface area is 160 Å². The Morgan fingerprint density at radius 1 is 0.808 bits per heavy atom. The lowest BCUT2D eigenvalue weighted by Gasteiger charge is -2.05. The molecule has 0 unspecified atom stereocenters.